The van der Waals surface area contributed by atoms with Gasteiger partial charge in [-0.3, -0.25) is 4.98 Å². The summed E-state index contributed by atoms with van der Waals surface area (Å²) >= 11 is 0. The van der Waals surface area contributed by atoms with Crippen LogP contribution in [-0.4, -0.2) is 9.97 Å². The molecule has 0 fully saturated rings. The van der Waals surface area contributed by atoms with Gasteiger partial charge in [-0.2, -0.15) is 0 Å². The Morgan fingerprint density at radius 2 is 1.82 bits per heavy atom. The second-order valence-corrected chi connectivity index (χ2v) is 7.20. The van der Waals surface area contributed by atoms with Crippen molar-refractivity contribution in [1.29, 1.82) is 0 Å². The molecule has 0 N–H and O–H groups in total. The van der Waals surface area contributed by atoms with E-state index in [-0.39, 0.29) is 44.6 Å². The molecule has 0 spiro atoms. The van der Waals surface area contributed by atoms with Crippen LogP contribution in [0.25, 0.3) is 33.3 Å². The summed E-state index contributed by atoms with van der Waals surface area (Å²) in [6, 6.07) is 5.76. The van der Waals surface area contributed by atoms with Gasteiger partial charge in [-0.25, -0.2) is 4.98 Å². The minimum Gasteiger partial charge on any atom is -0.437 e. The maximum Gasteiger partial charge on any atom is 0.227 e. The molecule has 3 nitrogen and oxygen atoms in total. The lowest BCUT2D eigenvalue weighted by atomic mass is 9.94. The van der Waals surface area contributed by atoms with Crippen LogP contribution in [0.2, 0.25) is 0 Å². The van der Waals surface area contributed by atoms with Crippen LogP contribution >= 0.6 is 0 Å². The molecule has 0 saturated carbocycles. The van der Waals surface area contributed by atoms with E-state index in [2.05, 4.69) is 9.97 Å². The summed E-state index contributed by atoms with van der Waals surface area (Å²) in [5, 5.41) is 0.594. The molecule has 0 saturated heterocycles. The molecule has 0 aliphatic carbocycles. The minimum absolute atomic E-state index is 0.0232. The van der Waals surface area contributed by atoms with E-state index in [0.29, 0.717) is 16.6 Å². The van der Waals surface area contributed by atoms with Gasteiger partial charge in [-0.05, 0) is 72.9 Å². The molecule has 3 heterocycles. The Morgan fingerprint density at radius 1 is 1.00 bits per heavy atom. The van der Waals surface area contributed by atoms with Gasteiger partial charge in [0.2, 0.25) is 5.71 Å². The lowest BCUT2D eigenvalue weighted by Crippen LogP contribution is -1.95. The topological polar surface area (TPSA) is 38.9 Å². The van der Waals surface area contributed by atoms with E-state index in [1.165, 1.54) is 18.2 Å². The van der Waals surface area contributed by atoms with Crippen molar-refractivity contribution in [2.24, 2.45) is 0 Å². The Morgan fingerprint density at radius 3 is 2.54 bits per heavy atom. The molecule has 3 aromatic heterocycles. The Balaban J connectivity index is 2.14. The van der Waals surface area contributed by atoms with Crippen LogP contribution in [0.15, 0.2) is 34.9 Å². The predicted octanol–water partition coefficient (Wildman–Crippen LogP) is 7.22. The van der Waals surface area contributed by atoms with Crippen LogP contribution in [0, 0.1) is 20.6 Å². The Labute approximate surface area is 182 Å². The van der Waals surface area contributed by atoms with E-state index in [1.807, 2.05) is 0 Å². The summed E-state index contributed by atoms with van der Waals surface area (Å²) in [7, 11) is 0. The van der Waals surface area contributed by atoms with Crippen molar-refractivity contribution in [3.8, 4) is 11.3 Å². The Hall–Kier alpha value is -2.68. The second kappa shape index (κ2) is 6.73. The first-order valence-electron chi connectivity index (χ1n) is 14.4. The van der Waals surface area contributed by atoms with Crippen molar-refractivity contribution < 1.29 is 19.5 Å². The van der Waals surface area contributed by atoms with Gasteiger partial charge in [-0.1, -0.05) is 33.7 Å². The van der Waals surface area contributed by atoms with Crippen LogP contribution in [0.3, 0.4) is 0 Å². The number of fused-ring (bicyclic) bond motifs is 3. The third kappa shape index (κ3) is 2.90. The summed E-state index contributed by atoms with van der Waals surface area (Å²) in [6.07, 6.45) is 1.07. The lowest BCUT2D eigenvalue weighted by molar-refractivity contribution is 0.652. The number of aromatic nitrogens is 2. The van der Waals surface area contributed by atoms with Gasteiger partial charge < -0.3 is 4.42 Å². The average molecular weight is 384 g/mol. The zero-order chi connectivity index (χ0) is 29.5. The Bertz CT molecular complexity index is 1590. The van der Waals surface area contributed by atoms with Crippen molar-refractivity contribution >= 4 is 22.1 Å². The predicted molar refractivity (Wildman–Crippen MR) is 117 cm³/mol. The third-order valence-corrected chi connectivity index (χ3v) is 4.84. The highest BCUT2D eigenvalue weighted by Gasteiger charge is 2.20. The van der Waals surface area contributed by atoms with Gasteiger partial charge in [0.05, 0.1) is 11.1 Å². The molecule has 144 valence electrons. The monoisotopic (exact) mass is 383 g/mol. The van der Waals surface area contributed by atoms with Crippen LogP contribution in [0.5, 0.6) is 0 Å². The van der Waals surface area contributed by atoms with Gasteiger partial charge in [0.1, 0.15) is 5.58 Å². The summed E-state index contributed by atoms with van der Waals surface area (Å²) in [5.41, 5.74) is 1.03. The SMILES string of the molecule is [2H]C([2H])([2H])c1cc(-c2ccc(C([2H])([2H])[2H])c3c2oc2nc(C)cc(C([2H])(C)C)c23)ncc1C([2H])(C)C([2H])([2H])[2H]. The standard InChI is InChI=1S/C25H28N2O/c1-13(2)19-11-17(7)27-25-23(19)22-15(5)8-9-18(24(22)28-25)21-10-16(6)20(12-26-21)14(3)4/h8-14H,1-7H3/i3D3,5D3,6D3,13D,14D. The normalized spacial score (nSPS) is 21.6. The van der Waals surface area contributed by atoms with Gasteiger partial charge >= 0.3 is 0 Å². The molecule has 4 rings (SSSR count). The molecule has 1 unspecified atom stereocenters. The molecule has 4 aromatic rings. The minimum atomic E-state index is -2.83. The zero-order valence-electron chi connectivity index (χ0n) is 27.2. The van der Waals surface area contributed by atoms with E-state index >= 15 is 0 Å². The fourth-order valence-electron chi connectivity index (χ4n) is 3.49. The highest BCUT2D eigenvalue weighted by molar-refractivity contribution is 6.11. The number of hydrogen-bond acceptors (Lipinski definition) is 3. The van der Waals surface area contributed by atoms with E-state index < -0.39 is 32.3 Å². The maximum atomic E-state index is 8.69. The Kier molecular flexibility index (Phi) is 2.33. The van der Waals surface area contributed by atoms with Crippen LogP contribution in [-0.2, 0) is 0 Å². The van der Waals surface area contributed by atoms with Gasteiger partial charge in [0.15, 0.2) is 0 Å². The first-order chi connectivity index (χ1) is 17.5. The molecule has 28 heavy (non-hydrogen) atoms. The number of aryl methyl sites for hydroxylation is 3. The van der Waals surface area contributed by atoms with Gasteiger partial charge in [0, 0.05) is 37.9 Å². The third-order valence-electron chi connectivity index (χ3n) is 4.84. The van der Waals surface area contributed by atoms with Crippen molar-refractivity contribution in [2.45, 2.75) is 60.0 Å². The first kappa shape index (κ1) is 9.69. The zero-order valence-corrected chi connectivity index (χ0v) is 16.2. The molecule has 1 aromatic carbocycles. The molecule has 0 amide bonds. The van der Waals surface area contributed by atoms with Gasteiger partial charge in [0.25, 0.3) is 0 Å². The second-order valence-electron chi connectivity index (χ2n) is 7.20. The molecular weight excluding hydrogens is 344 g/mol. The smallest absolute Gasteiger partial charge is 0.227 e. The number of pyridine rings is 2. The highest BCUT2D eigenvalue weighted by Crippen LogP contribution is 2.40. The molecule has 0 aliphatic rings. The summed E-state index contributed by atoms with van der Waals surface area (Å²) in [6.45, 7) is -1.95. The van der Waals surface area contributed by atoms with Crippen molar-refractivity contribution in [3.63, 3.8) is 0 Å². The quantitative estimate of drug-likeness (QED) is 0.375. The fourth-order valence-corrected chi connectivity index (χ4v) is 3.49. The number of hydrogen-bond donors (Lipinski definition) is 0. The number of nitrogens with zero attached hydrogens (tertiary/aromatic N) is 2. The maximum absolute atomic E-state index is 8.69. The molecule has 0 radical (unpaired) electrons. The molecule has 0 bridgehead atoms. The summed E-state index contributed by atoms with van der Waals surface area (Å²) in [4.78, 5) is 8.77. The summed E-state index contributed by atoms with van der Waals surface area (Å²) in [5.74, 6) is -3.38. The van der Waals surface area contributed by atoms with Crippen molar-refractivity contribution in [3.05, 3.63) is 58.4 Å². The van der Waals surface area contributed by atoms with E-state index in [9.17, 15) is 0 Å². The van der Waals surface area contributed by atoms with Crippen molar-refractivity contribution in [2.75, 3.05) is 0 Å². The number of benzene rings is 1. The van der Waals surface area contributed by atoms with Crippen LogP contribution in [0.4, 0.5) is 0 Å². The van der Waals surface area contributed by atoms with E-state index in [1.54, 1.807) is 26.8 Å². The van der Waals surface area contributed by atoms with Gasteiger partial charge in [-0.15, -0.1) is 0 Å². The molecule has 1 atom stereocenters. The van der Waals surface area contributed by atoms with Crippen LogP contribution < -0.4 is 0 Å². The fraction of sp³-hybridized carbons (Fsp3) is 0.360. The molecule has 0 aliphatic heterocycles. The lowest BCUT2D eigenvalue weighted by Gasteiger charge is -2.11. The summed E-state index contributed by atoms with van der Waals surface area (Å²) < 4.78 is 95.2. The average Bonchev–Trinajstić information content (AvgIpc) is 3.13. The number of furan rings is 1. The first-order valence-corrected chi connectivity index (χ1v) is 8.94. The largest absolute Gasteiger partial charge is 0.437 e. The van der Waals surface area contributed by atoms with Crippen LogP contribution in [0.1, 0.15) is 82.4 Å². The van der Waals surface area contributed by atoms with E-state index in [4.69, 9.17) is 19.5 Å². The number of rotatable bonds is 3. The van der Waals surface area contributed by atoms with Crippen molar-refractivity contribution in [1.82, 2.24) is 9.97 Å². The molecular formula is C25H28N2O. The molecule has 3 heteroatoms. The van der Waals surface area contributed by atoms with E-state index in [0.717, 1.165) is 13.1 Å². The highest BCUT2D eigenvalue weighted by atomic mass is 16.3.